The van der Waals surface area contributed by atoms with Gasteiger partial charge in [-0.25, -0.2) is 9.78 Å². The van der Waals surface area contributed by atoms with Crippen molar-refractivity contribution in [3.8, 4) is 11.1 Å². The molecule has 9 heteroatoms. The summed E-state index contributed by atoms with van der Waals surface area (Å²) in [5, 5.41) is 3.27. The fraction of sp³-hybridized carbons (Fsp3) is 0.167. The average molecular weight is 373 g/mol. The SMILES string of the molecule is CCNc1ncc(-c2ccc3ncc4[nH]c(=O)[nH]c4c3c2)cc1C(F)(F)F. The van der Waals surface area contributed by atoms with Crippen molar-refractivity contribution in [2.75, 3.05) is 11.9 Å². The Balaban J connectivity index is 1.91. The molecule has 3 aromatic heterocycles. The third-order valence-electron chi connectivity index (χ3n) is 4.23. The smallest absolute Gasteiger partial charge is 0.370 e. The Morgan fingerprint density at radius 1 is 1.07 bits per heavy atom. The number of pyridine rings is 2. The molecule has 4 rings (SSSR count). The molecule has 0 amide bonds. The van der Waals surface area contributed by atoms with Crippen LogP contribution in [0, 0.1) is 0 Å². The number of nitrogens with zero attached hydrogens (tertiary/aromatic N) is 2. The summed E-state index contributed by atoms with van der Waals surface area (Å²) >= 11 is 0. The first-order valence-electron chi connectivity index (χ1n) is 8.19. The lowest BCUT2D eigenvalue weighted by molar-refractivity contribution is -0.137. The van der Waals surface area contributed by atoms with Crippen LogP contribution in [0.15, 0.2) is 41.5 Å². The molecule has 0 aliphatic rings. The van der Waals surface area contributed by atoms with Crippen LogP contribution in [0.3, 0.4) is 0 Å². The molecule has 1 aromatic carbocycles. The van der Waals surface area contributed by atoms with Crippen LogP contribution in [-0.2, 0) is 6.18 Å². The van der Waals surface area contributed by atoms with Gasteiger partial charge >= 0.3 is 11.9 Å². The van der Waals surface area contributed by atoms with Crippen LogP contribution in [-0.4, -0.2) is 26.5 Å². The molecule has 27 heavy (non-hydrogen) atoms. The molecule has 0 atom stereocenters. The first-order valence-corrected chi connectivity index (χ1v) is 8.19. The van der Waals surface area contributed by atoms with Crippen molar-refractivity contribution >= 4 is 27.8 Å². The van der Waals surface area contributed by atoms with E-state index in [1.165, 1.54) is 12.4 Å². The van der Waals surface area contributed by atoms with E-state index in [2.05, 4.69) is 25.3 Å². The lowest BCUT2D eigenvalue weighted by Crippen LogP contribution is -2.12. The van der Waals surface area contributed by atoms with Crippen LogP contribution < -0.4 is 11.0 Å². The summed E-state index contributed by atoms with van der Waals surface area (Å²) in [5.41, 5.74) is 1.37. The second-order valence-corrected chi connectivity index (χ2v) is 6.01. The molecule has 3 N–H and O–H groups in total. The number of rotatable bonds is 3. The van der Waals surface area contributed by atoms with Crippen molar-refractivity contribution < 1.29 is 13.2 Å². The first-order chi connectivity index (χ1) is 12.9. The molecule has 0 unspecified atom stereocenters. The van der Waals surface area contributed by atoms with Gasteiger partial charge in [-0.2, -0.15) is 13.2 Å². The second-order valence-electron chi connectivity index (χ2n) is 6.01. The van der Waals surface area contributed by atoms with Crippen LogP contribution in [0.1, 0.15) is 12.5 Å². The van der Waals surface area contributed by atoms with Crippen LogP contribution in [0.2, 0.25) is 0 Å². The minimum atomic E-state index is -4.53. The lowest BCUT2D eigenvalue weighted by Gasteiger charge is -2.14. The number of benzene rings is 1. The molecule has 4 aromatic rings. The van der Waals surface area contributed by atoms with Crippen molar-refractivity contribution in [2.24, 2.45) is 0 Å². The van der Waals surface area contributed by atoms with Gasteiger partial charge < -0.3 is 15.3 Å². The maximum Gasteiger partial charge on any atom is 0.419 e. The summed E-state index contributed by atoms with van der Waals surface area (Å²) in [7, 11) is 0. The number of fused-ring (bicyclic) bond motifs is 3. The molecule has 0 fully saturated rings. The topological polar surface area (TPSA) is 86.5 Å². The summed E-state index contributed by atoms with van der Waals surface area (Å²) < 4.78 is 40.2. The van der Waals surface area contributed by atoms with E-state index in [-0.39, 0.29) is 11.5 Å². The molecule has 0 radical (unpaired) electrons. The van der Waals surface area contributed by atoms with Gasteiger partial charge in [0.1, 0.15) is 5.82 Å². The van der Waals surface area contributed by atoms with E-state index in [4.69, 9.17) is 0 Å². The van der Waals surface area contributed by atoms with Gasteiger partial charge in [0.15, 0.2) is 0 Å². The van der Waals surface area contributed by atoms with Gasteiger partial charge in [-0.3, -0.25) is 4.98 Å². The molecular formula is C18H14F3N5O. The Hall–Kier alpha value is -3.36. The number of nitrogens with one attached hydrogen (secondary N) is 3. The number of aromatic amines is 2. The molecule has 0 aliphatic carbocycles. The number of anilines is 1. The maximum atomic E-state index is 13.4. The zero-order chi connectivity index (χ0) is 19.2. The van der Waals surface area contributed by atoms with Crippen LogP contribution in [0.4, 0.5) is 19.0 Å². The molecule has 0 spiro atoms. The van der Waals surface area contributed by atoms with Crippen molar-refractivity contribution in [2.45, 2.75) is 13.1 Å². The van der Waals surface area contributed by atoms with E-state index in [0.29, 0.717) is 39.6 Å². The van der Waals surface area contributed by atoms with Gasteiger partial charge in [-0.1, -0.05) is 6.07 Å². The highest BCUT2D eigenvalue weighted by Gasteiger charge is 2.34. The highest BCUT2D eigenvalue weighted by atomic mass is 19.4. The van der Waals surface area contributed by atoms with Crippen LogP contribution in [0.5, 0.6) is 0 Å². The van der Waals surface area contributed by atoms with Crippen LogP contribution in [0.25, 0.3) is 33.1 Å². The molecule has 0 bridgehead atoms. The zero-order valence-electron chi connectivity index (χ0n) is 14.1. The number of alkyl halides is 3. The fourth-order valence-electron chi connectivity index (χ4n) is 3.02. The Labute approximate surface area is 150 Å². The quantitative estimate of drug-likeness (QED) is 0.508. The standard InChI is InChI=1S/C18H14F3N5O/c1-2-22-16-12(18(19,20)21)6-10(7-24-16)9-3-4-13-11(5-9)15-14(8-23-13)25-17(27)26-15/h3-8H,2H2,1H3,(H,22,24)(H2,25,26,27). The largest absolute Gasteiger partial charge is 0.419 e. The minimum Gasteiger partial charge on any atom is -0.370 e. The third-order valence-corrected chi connectivity index (χ3v) is 4.23. The minimum absolute atomic E-state index is 0.200. The predicted molar refractivity (Wildman–Crippen MR) is 96.6 cm³/mol. The van der Waals surface area contributed by atoms with Crippen molar-refractivity contribution in [1.29, 1.82) is 0 Å². The summed E-state index contributed by atoms with van der Waals surface area (Å²) in [5.74, 6) is -0.200. The Bertz CT molecular complexity index is 1210. The van der Waals surface area contributed by atoms with Crippen molar-refractivity contribution in [3.63, 3.8) is 0 Å². The average Bonchev–Trinajstić information content (AvgIpc) is 3.02. The molecular weight excluding hydrogens is 359 g/mol. The van der Waals surface area contributed by atoms with Gasteiger partial charge in [0.05, 0.1) is 28.3 Å². The molecule has 138 valence electrons. The van der Waals surface area contributed by atoms with Gasteiger partial charge in [-0.15, -0.1) is 0 Å². The molecule has 0 saturated heterocycles. The summed E-state index contributed by atoms with van der Waals surface area (Å²) in [6, 6.07) is 6.13. The van der Waals surface area contributed by atoms with E-state index < -0.39 is 11.7 Å². The van der Waals surface area contributed by atoms with E-state index in [1.807, 2.05) is 0 Å². The Morgan fingerprint density at radius 3 is 2.63 bits per heavy atom. The van der Waals surface area contributed by atoms with Gasteiger partial charge in [-0.05, 0) is 30.7 Å². The second kappa shape index (κ2) is 6.11. The van der Waals surface area contributed by atoms with Gasteiger partial charge in [0, 0.05) is 23.7 Å². The monoisotopic (exact) mass is 373 g/mol. The van der Waals surface area contributed by atoms with Crippen molar-refractivity contribution in [1.82, 2.24) is 19.9 Å². The lowest BCUT2D eigenvalue weighted by atomic mass is 10.0. The van der Waals surface area contributed by atoms with E-state index in [9.17, 15) is 18.0 Å². The number of aromatic nitrogens is 4. The summed E-state index contributed by atoms with van der Waals surface area (Å²) in [4.78, 5) is 25.1. The van der Waals surface area contributed by atoms with Gasteiger partial charge in [0.25, 0.3) is 0 Å². The summed E-state index contributed by atoms with van der Waals surface area (Å²) in [6.45, 7) is 2.03. The fourth-order valence-corrected chi connectivity index (χ4v) is 3.02. The number of imidazole rings is 1. The molecule has 6 nitrogen and oxygen atoms in total. The third kappa shape index (κ3) is 3.01. The van der Waals surface area contributed by atoms with E-state index in [0.717, 1.165) is 6.07 Å². The normalized spacial score (nSPS) is 12.0. The number of hydrogen-bond donors (Lipinski definition) is 3. The number of H-pyrrole nitrogens is 2. The van der Waals surface area contributed by atoms with E-state index >= 15 is 0 Å². The van der Waals surface area contributed by atoms with Crippen molar-refractivity contribution in [3.05, 3.63) is 52.7 Å². The Kier molecular flexibility index (Phi) is 3.87. The summed E-state index contributed by atoms with van der Waals surface area (Å²) in [6.07, 6.45) is -1.61. The predicted octanol–water partition coefficient (Wildman–Crippen LogP) is 3.92. The molecule has 0 saturated carbocycles. The van der Waals surface area contributed by atoms with E-state index in [1.54, 1.807) is 25.1 Å². The number of halogens is 3. The highest BCUT2D eigenvalue weighted by molar-refractivity contribution is 6.03. The van der Waals surface area contributed by atoms with Gasteiger partial charge in [0.2, 0.25) is 0 Å². The zero-order valence-corrected chi connectivity index (χ0v) is 14.1. The molecule has 3 heterocycles. The highest BCUT2D eigenvalue weighted by Crippen LogP contribution is 2.37. The molecule has 0 aliphatic heterocycles. The number of hydrogen-bond acceptors (Lipinski definition) is 4. The maximum absolute atomic E-state index is 13.4. The first kappa shape index (κ1) is 17.1. The van der Waals surface area contributed by atoms with Crippen LogP contribution >= 0.6 is 0 Å². The Morgan fingerprint density at radius 2 is 1.89 bits per heavy atom.